The summed E-state index contributed by atoms with van der Waals surface area (Å²) in [4.78, 5) is 0. The average molecular weight is 380 g/mol. The van der Waals surface area contributed by atoms with E-state index >= 15 is 0 Å². The number of ether oxygens (including phenoxy) is 1. The van der Waals surface area contributed by atoms with Gasteiger partial charge in [0.1, 0.15) is 5.75 Å². The Balaban J connectivity index is 1.36. The fraction of sp³-hybridized carbons (Fsp3) is 0.167. The van der Waals surface area contributed by atoms with Gasteiger partial charge in [-0.05, 0) is 47.2 Å². The van der Waals surface area contributed by atoms with Gasteiger partial charge in [-0.25, -0.2) is 0 Å². The molecule has 27 heavy (non-hydrogen) atoms. The van der Waals surface area contributed by atoms with Crippen molar-refractivity contribution in [1.29, 1.82) is 0 Å². The summed E-state index contributed by atoms with van der Waals surface area (Å²) in [5.74, 6) is 2.38. The van der Waals surface area contributed by atoms with Crippen molar-refractivity contribution in [3.05, 3.63) is 71.9 Å². The number of hydrogen-bond acceptors (Lipinski definition) is 8. The summed E-state index contributed by atoms with van der Waals surface area (Å²) in [7, 11) is 0. The number of aromatic nitrogens is 6. The monoisotopic (exact) mass is 380 g/mol. The Kier molecular flexibility index (Phi) is 5.10. The zero-order valence-electron chi connectivity index (χ0n) is 14.5. The van der Waals surface area contributed by atoms with Crippen molar-refractivity contribution in [2.24, 2.45) is 0 Å². The van der Waals surface area contributed by atoms with Gasteiger partial charge in [-0.15, -0.1) is 15.3 Å². The number of nitrogens with zero attached hydrogens (tertiary/aromatic N) is 6. The molecule has 0 aliphatic carbocycles. The minimum absolute atomic E-state index is 0.221. The molecule has 0 spiro atoms. The van der Waals surface area contributed by atoms with E-state index in [4.69, 9.17) is 9.15 Å². The Hall–Kier alpha value is -3.20. The van der Waals surface area contributed by atoms with Gasteiger partial charge in [-0.3, -0.25) is 0 Å². The molecule has 0 atom stereocenters. The molecule has 2 aromatic heterocycles. The Labute approximate surface area is 159 Å². The predicted octanol–water partition coefficient (Wildman–Crippen LogP) is 3.23. The largest absolute Gasteiger partial charge is 0.484 e. The second kappa shape index (κ2) is 8.00. The summed E-state index contributed by atoms with van der Waals surface area (Å²) in [5, 5.41) is 20.3. The molecule has 9 heteroatoms. The van der Waals surface area contributed by atoms with Crippen LogP contribution in [0, 0.1) is 6.92 Å². The lowest BCUT2D eigenvalue weighted by molar-refractivity contribution is 0.252. The molecule has 0 radical (unpaired) electrons. The van der Waals surface area contributed by atoms with Gasteiger partial charge in [-0.2, -0.15) is 4.68 Å². The molecule has 2 heterocycles. The molecule has 136 valence electrons. The van der Waals surface area contributed by atoms with Gasteiger partial charge in [0, 0.05) is 0 Å². The number of para-hydroxylation sites is 1. The van der Waals surface area contributed by atoms with Gasteiger partial charge in [0.2, 0.25) is 0 Å². The van der Waals surface area contributed by atoms with E-state index in [-0.39, 0.29) is 6.61 Å². The number of tetrazole rings is 1. The van der Waals surface area contributed by atoms with Crippen molar-refractivity contribution in [3.63, 3.8) is 0 Å². The fourth-order valence-corrected chi connectivity index (χ4v) is 3.08. The Bertz CT molecular complexity index is 1020. The lowest BCUT2D eigenvalue weighted by atomic mass is 10.2. The van der Waals surface area contributed by atoms with Crippen LogP contribution in [0.5, 0.6) is 5.75 Å². The van der Waals surface area contributed by atoms with E-state index < -0.39 is 0 Å². The third kappa shape index (κ3) is 4.32. The molecule has 2 aromatic carbocycles. The van der Waals surface area contributed by atoms with Crippen LogP contribution in [0.1, 0.15) is 17.3 Å². The lowest BCUT2D eigenvalue weighted by Gasteiger charge is -2.03. The number of thioether (sulfide) groups is 1. The van der Waals surface area contributed by atoms with Crippen molar-refractivity contribution < 1.29 is 9.15 Å². The van der Waals surface area contributed by atoms with Crippen LogP contribution in [-0.4, -0.2) is 30.4 Å². The van der Waals surface area contributed by atoms with E-state index in [0.717, 1.165) is 17.0 Å². The first-order valence-corrected chi connectivity index (χ1v) is 9.24. The van der Waals surface area contributed by atoms with Crippen LogP contribution in [-0.2, 0) is 12.4 Å². The van der Waals surface area contributed by atoms with Crippen LogP contribution in [0.3, 0.4) is 0 Å². The maximum absolute atomic E-state index is 5.67. The normalized spacial score (nSPS) is 10.9. The first kappa shape index (κ1) is 17.2. The van der Waals surface area contributed by atoms with Gasteiger partial charge >= 0.3 is 0 Å². The van der Waals surface area contributed by atoms with Crippen LogP contribution in [0.2, 0.25) is 0 Å². The van der Waals surface area contributed by atoms with Gasteiger partial charge in [0.25, 0.3) is 11.1 Å². The molecule has 0 fully saturated rings. The second-order valence-corrected chi connectivity index (χ2v) is 6.62. The van der Waals surface area contributed by atoms with E-state index in [0.29, 0.717) is 22.7 Å². The molecule has 8 nitrogen and oxygen atoms in total. The third-order valence-electron chi connectivity index (χ3n) is 3.66. The van der Waals surface area contributed by atoms with Crippen LogP contribution < -0.4 is 4.74 Å². The molecule has 4 aromatic rings. The standard InChI is InChI=1S/C18H16N6O2S/c1-13-6-5-9-15(10-13)25-11-17-20-21-18(26-17)27-12-16-19-22-23-24(16)14-7-3-2-4-8-14/h2-10H,11-12H2,1H3. The predicted molar refractivity (Wildman–Crippen MR) is 98.5 cm³/mol. The third-order valence-corrected chi connectivity index (χ3v) is 4.47. The number of aryl methyl sites for hydroxylation is 1. The molecule has 0 saturated heterocycles. The summed E-state index contributed by atoms with van der Waals surface area (Å²) in [6.07, 6.45) is 0. The van der Waals surface area contributed by atoms with Crippen molar-refractivity contribution >= 4 is 11.8 Å². The number of benzene rings is 2. The minimum Gasteiger partial charge on any atom is -0.484 e. The van der Waals surface area contributed by atoms with Gasteiger partial charge < -0.3 is 9.15 Å². The average Bonchev–Trinajstić information content (AvgIpc) is 3.35. The number of rotatable bonds is 7. The Morgan fingerprint density at radius 1 is 1.04 bits per heavy atom. The van der Waals surface area contributed by atoms with E-state index in [1.165, 1.54) is 11.8 Å². The topological polar surface area (TPSA) is 91.8 Å². The lowest BCUT2D eigenvalue weighted by Crippen LogP contribution is -2.01. The molecule has 0 bridgehead atoms. The zero-order valence-corrected chi connectivity index (χ0v) is 15.3. The maximum Gasteiger partial charge on any atom is 0.277 e. The highest BCUT2D eigenvalue weighted by Crippen LogP contribution is 2.22. The van der Waals surface area contributed by atoms with E-state index in [2.05, 4.69) is 25.7 Å². The summed E-state index contributed by atoms with van der Waals surface area (Å²) in [6, 6.07) is 17.5. The fourth-order valence-electron chi connectivity index (χ4n) is 2.40. The number of hydrogen-bond donors (Lipinski definition) is 0. The van der Waals surface area contributed by atoms with Crippen molar-refractivity contribution in [2.45, 2.75) is 24.5 Å². The Morgan fingerprint density at radius 3 is 2.78 bits per heavy atom. The van der Waals surface area contributed by atoms with Crippen molar-refractivity contribution in [2.75, 3.05) is 0 Å². The highest BCUT2D eigenvalue weighted by molar-refractivity contribution is 7.98. The van der Waals surface area contributed by atoms with Crippen LogP contribution in [0.4, 0.5) is 0 Å². The summed E-state index contributed by atoms with van der Waals surface area (Å²) in [5.41, 5.74) is 2.03. The van der Waals surface area contributed by atoms with Crippen molar-refractivity contribution in [3.8, 4) is 11.4 Å². The highest BCUT2D eigenvalue weighted by atomic mass is 32.2. The van der Waals surface area contributed by atoms with Crippen molar-refractivity contribution in [1.82, 2.24) is 30.4 Å². The summed E-state index contributed by atoms with van der Waals surface area (Å²) >= 11 is 1.37. The maximum atomic E-state index is 5.67. The van der Waals surface area contributed by atoms with Gasteiger partial charge in [0.15, 0.2) is 12.4 Å². The molecular weight excluding hydrogens is 364 g/mol. The first-order valence-electron chi connectivity index (χ1n) is 8.25. The summed E-state index contributed by atoms with van der Waals surface area (Å²) in [6.45, 7) is 2.23. The van der Waals surface area contributed by atoms with Gasteiger partial charge in [-0.1, -0.05) is 42.1 Å². The molecule has 0 unspecified atom stereocenters. The molecule has 0 aliphatic rings. The first-order chi connectivity index (χ1) is 13.3. The van der Waals surface area contributed by atoms with E-state index in [1.807, 2.05) is 61.5 Å². The molecule has 0 amide bonds. The van der Waals surface area contributed by atoms with E-state index in [9.17, 15) is 0 Å². The van der Waals surface area contributed by atoms with Crippen LogP contribution >= 0.6 is 11.8 Å². The smallest absolute Gasteiger partial charge is 0.277 e. The molecule has 0 saturated carbocycles. The van der Waals surface area contributed by atoms with Crippen LogP contribution in [0.25, 0.3) is 5.69 Å². The van der Waals surface area contributed by atoms with Gasteiger partial charge in [0.05, 0.1) is 11.4 Å². The SMILES string of the molecule is Cc1cccc(OCc2nnc(SCc3nnnn3-c3ccccc3)o2)c1. The highest BCUT2D eigenvalue weighted by Gasteiger charge is 2.12. The molecule has 0 N–H and O–H groups in total. The Morgan fingerprint density at radius 2 is 1.93 bits per heavy atom. The van der Waals surface area contributed by atoms with Crippen LogP contribution in [0.15, 0.2) is 64.2 Å². The zero-order chi connectivity index (χ0) is 18.5. The molecule has 0 aliphatic heterocycles. The van der Waals surface area contributed by atoms with E-state index in [1.54, 1.807) is 4.68 Å². The molecule has 4 rings (SSSR count). The molecular formula is C18H16N6O2S. The minimum atomic E-state index is 0.221. The summed E-state index contributed by atoms with van der Waals surface area (Å²) < 4.78 is 13.0. The quantitative estimate of drug-likeness (QED) is 0.451. The second-order valence-electron chi connectivity index (χ2n) is 5.70.